The average Bonchev–Trinajstić information content (AvgIpc) is 2.40. The van der Waals surface area contributed by atoms with E-state index in [0.717, 1.165) is 29.0 Å². The van der Waals surface area contributed by atoms with Gasteiger partial charge in [0.05, 0.1) is 11.3 Å². The normalized spacial score (nSPS) is 11.6. The lowest BCUT2D eigenvalue weighted by Crippen LogP contribution is -2.14. The Kier molecular flexibility index (Phi) is 4.39. The van der Waals surface area contributed by atoms with Crippen LogP contribution in [-0.4, -0.2) is 4.98 Å². The summed E-state index contributed by atoms with van der Waals surface area (Å²) < 4.78 is 37.2. The van der Waals surface area contributed by atoms with E-state index in [-0.39, 0.29) is 0 Å². The quantitative estimate of drug-likeness (QED) is 0.923. The van der Waals surface area contributed by atoms with Gasteiger partial charge in [-0.15, -0.1) is 0 Å². The Morgan fingerprint density at radius 1 is 1.05 bits per heavy atom. The van der Waals surface area contributed by atoms with Crippen molar-refractivity contribution in [3.8, 4) is 0 Å². The highest BCUT2D eigenvalue weighted by Crippen LogP contribution is 2.29. The van der Waals surface area contributed by atoms with Crippen molar-refractivity contribution in [2.75, 3.05) is 0 Å². The molecule has 2 nitrogen and oxygen atoms in total. The van der Waals surface area contributed by atoms with Gasteiger partial charge in [-0.1, -0.05) is 18.2 Å². The zero-order chi connectivity index (χ0) is 14.6. The smallest absolute Gasteiger partial charge is 0.307 e. The summed E-state index contributed by atoms with van der Waals surface area (Å²) in [6, 6.07) is 9.02. The highest BCUT2D eigenvalue weighted by atomic mass is 19.4. The van der Waals surface area contributed by atoms with Crippen molar-refractivity contribution in [2.24, 2.45) is 0 Å². The summed E-state index contributed by atoms with van der Waals surface area (Å²) in [5, 5.41) is 3.17. The largest absolute Gasteiger partial charge is 0.416 e. The van der Waals surface area contributed by atoms with Crippen LogP contribution in [-0.2, 0) is 19.3 Å². The summed E-state index contributed by atoms with van der Waals surface area (Å²) >= 11 is 0. The zero-order valence-electron chi connectivity index (χ0n) is 11.0. The van der Waals surface area contributed by atoms with Crippen LogP contribution in [0.15, 0.2) is 42.6 Å². The first-order chi connectivity index (χ1) is 9.47. The van der Waals surface area contributed by atoms with Gasteiger partial charge in [0, 0.05) is 19.3 Å². The lowest BCUT2D eigenvalue weighted by atomic mass is 10.1. The predicted octanol–water partition coefficient (Wildman–Crippen LogP) is 3.70. The molecule has 0 bridgehead atoms. The van der Waals surface area contributed by atoms with E-state index in [2.05, 4.69) is 10.3 Å². The molecule has 0 atom stereocenters. The number of nitrogens with zero attached hydrogens (tertiary/aromatic N) is 1. The van der Waals surface area contributed by atoms with E-state index in [1.165, 1.54) is 12.1 Å². The highest BCUT2D eigenvalue weighted by Gasteiger charge is 2.29. The molecule has 20 heavy (non-hydrogen) atoms. The maximum Gasteiger partial charge on any atom is 0.416 e. The summed E-state index contributed by atoms with van der Waals surface area (Å²) in [5.41, 5.74) is 2.22. The number of aromatic nitrogens is 1. The fourth-order valence-corrected chi connectivity index (χ4v) is 1.84. The molecule has 0 aliphatic heterocycles. The van der Waals surface area contributed by atoms with Gasteiger partial charge in [0.1, 0.15) is 0 Å². The van der Waals surface area contributed by atoms with Crippen molar-refractivity contribution in [2.45, 2.75) is 26.2 Å². The van der Waals surface area contributed by atoms with Crippen molar-refractivity contribution in [3.05, 3.63) is 65.0 Å². The summed E-state index contributed by atoms with van der Waals surface area (Å²) in [6.07, 6.45) is -2.56. The molecule has 0 aliphatic carbocycles. The third-order valence-electron chi connectivity index (χ3n) is 3.02. The summed E-state index contributed by atoms with van der Waals surface area (Å²) in [6.45, 7) is 3.07. The Morgan fingerprint density at radius 2 is 1.75 bits per heavy atom. The predicted molar refractivity (Wildman–Crippen MR) is 71.0 cm³/mol. The van der Waals surface area contributed by atoms with E-state index in [9.17, 15) is 13.2 Å². The molecule has 0 saturated heterocycles. The maximum absolute atomic E-state index is 12.4. The molecule has 1 heterocycles. The highest BCUT2D eigenvalue weighted by molar-refractivity contribution is 5.24. The van der Waals surface area contributed by atoms with Crippen LogP contribution in [0.4, 0.5) is 13.2 Å². The number of alkyl halides is 3. The second-order valence-electron chi connectivity index (χ2n) is 4.57. The van der Waals surface area contributed by atoms with Crippen LogP contribution in [0.3, 0.4) is 0 Å². The summed E-state index contributed by atoms with van der Waals surface area (Å²) in [5.74, 6) is 0. The molecule has 1 aromatic heterocycles. The van der Waals surface area contributed by atoms with Crippen LogP contribution in [0.25, 0.3) is 0 Å². The van der Waals surface area contributed by atoms with Gasteiger partial charge in [0.25, 0.3) is 0 Å². The molecular weight excluding hydrogens is 265 g/mol. The molecule has 0 amide bonds. The van der Waals surface area contributed by atoms with Crippen LogP contribution in [0, 0.1) is 6.92 Å². The van der Waals surface area contributed by atoms with Gasteiger partial charge in [-0.2, -0.15) is 13.2 Å². The third kappa shape index (κ3) is 3.81. The van der Waals surface area contributed by atoms with Gasteiger partial charge in [0.15, 0.2) is 0 Å². The molecular formula is C15H15F3N2. The van der Waals surface area contributed by atoms with Crippen LogP contribution >= 0.6 is 0 Å². The van der Waals surface area contributed by atoms with Gasteiger partial charge < -0.3 is 5.32 Å². The van der Waals surface area contributed by atoms with Gasteiger partial charge in [0.2, 0.25) is 0 Å². The van der Waals surface area contributed by atoms with Crippen molar-refractivity contribution in [3.63, 3.8) is 0 Å². The lowest BCUT2D eigenvalue weighted by Gasteiger charge is -2.09. The number of rotatable bonds is 4. The average molecular weight is 280 g/mol. The number of pyridine rings is 1. The van der Waals surface area contributed by atoms with E-state index in [4.69, 9.17) is 0 Å². The fourth-order valence-electron chi connectivity index (χ4n) is 1.84. The topological polar surface area (TPSA) is 24.9 Å². The minimum atomic E-state index is -4.28. The second-order valence-corrected chi connectivity index (χ2v) is 4.57. The number of hydrogen-bond acceptors (Lipinski definition) is 2. The molecule has 0 saturated carbocycles. The molecule has 0 radical (unpaired) electrons. The third-order valence-corrected chi connectivity index (χ3v) is 3.02. The van der Waals surface area contributed by atoms with Crippen LogP contribution < -0.4 is 5.32 Å². The van der Waals surface area contributed by atoms with E-state index in [1.807, 2.05) is 19.1 Å². The molecule has 106 valence electrons. The molecule has 2 rings (SSSR count). The monoisotopic (exact) mass is 280 g/mol. The Balaban J connectivity index is 1.90. The molecule has 0 unspecified atom stereocenters. The van der Waals surface area contributed by atoms with E-state index >= 15 is 0 Å². The zero-order valence-corrected chi connectivity index (χ0v) is 11.0. The SMILES string of the molecule is Cc1cccnc1CNCc1ccc(C(F)(F)F)cc1. The van der Waals surface area contributed by atoms with Crippen LogP contribution in [0.2, 0.25) is 0 Å². The molecule has 1 N–H and O–H groups in total. The number of halogens is 3. The molecule has 0 spiro atoms. The molecule has 2 aromatic rings. The fraction of sp³-hybridized carbons (Fsp3) is 0.267. The van der Waals surface area contributed by atoms with Gasteiger partial charge in [-0.25, -0.2) is 0 Å². The summed E-state index contributed by atoms with van der Waals surface area (Å²) in [7, 11) is 0. The van der Waals surface area contributed by atoms with E-state index in [1.54, 1.807) is 6.20 Å². The molecule has 0 fully saturated rings. The van der Waals surface area contributed by atoms with Crippen molar-refractivity contribution in [1.29, 1.82) is 0 Å². The van der Waals surface area contributed by atoms with Crippen LogP contribution in [0.1, 0.15) is 22.4 Å². The Bertz CT molecular complexity index is 562. The standard InChI is InChI=1S/C15H15F3N2/c1-11-3-2-8-20-14(11)10-19-9-12-4-6-13(7-5-12)15(16,17)18/h2-8,19H,9-10H2,1H3. The summed E-state index contributed by atoms with van der Waals surface area (Å²) in [4.78, 5) is 4.24. The first kappa shape index (κ1) is 14.5. The van der Waals surface area contributed by atoms with Gasteiger partial charge in [-0.3, -0.25) is 4.98 Å². The van der Waals surface area contributed by atoms with E-state index in [0.29, 0.717) is 13.1 Å². The Labute approximate surface area is 115 Å². The Morgan fingerprint density at radius 3 is 2.35 bits per heavy atom. The molecule has 1 aromatic carbocycles. The minimum Gasteiger partial charge on any atom is -0.307 e. The first-order valence-electron chi connectivity index (χ1n) is 6.24. The van der Waals surface area contributed by atoms with Crippen LogP contribution in [0.5, 0.6) is 0 Å². The number of benzene rings is 1. The van der Waals surface area contributed by atoms with E-state index < -0.39 is 11.7 Å². The van der Waals surface area contributed by atoms with Crippen molar-refractivity contribution >= 4 is 0 Å². The molecule has 0 aliphatic rings. The minimum absolute atomic E-state index is 0.508. The number of nitrogens with one attached hydrogen (secondary N) is 1. The second kappa shape index (κ2) is 6.05. The lowest BCUT2D eigenvalue weighted by molar-refractivity contribution is -0.137. The van der Waals surface area contributed by atoms with Gasteiger partial charge in [-0.05, 0) is 36.2 Å². The van der Waals surface area contributed by atoms with Gasteiger partial charge >= 0.3 is 6.18 Å². The number of hydrogen-bond donors (Lipinski definition) is 1. The Hall–Kier alpha value is -1.88. The number of aryl methyl sites for hydroxylation is 1. The van der Waals surface area contributed by atoms with Crippen molar-refractivity contribution in [1.82, 2.24) is 10.3 Å². The molecule has 5 heteroatoms. The maximum atomic E-state index is 12.4. The van der Waals surface area contributed by atoms with Crippen molar-refractivity contribution < 1.29 is 13.2 Å². The first-order valence-corrected chi connectivity index (χ1v) is 6.24.